The van der Waals surface area contributed by atoms with Crippen LogP contribution in [0.4, 0.5) is 18.0 Å². The summed E-state index contributed by atoms with van der Waals surface area (Å²) < 4.78 is 37.9. The number of carboxylic acids is 1. The van der Waals surface area contributed by atoms with Crippen LogP contribution >= 0.6 is 0 Å². The Labute approximate surface area is 101 Å². The minimum atomic E-state index is -5.09. The molecule has 18 heavy (non-hydrogen) atoms. The van der Waals surface area contributed by atoms with E-state index in [0.29, 0.717) is 13.3 Å². The topological polar surface area (TPSA) is 95.7 Å². The first kappa shape index (κ1) is 14.6. The van der Waals surface area contributed by atoms with Crippen molar-refractivity contribution < 1.29 is 27.9 Å². The zero-order chi connectivity index (χ0) is 14.1. The van der Waals surface area contributed by atoms with Crippen molar-refractivity contribution in [2.24, 2.45) is 5.73 Å². The number of aliphatic carboxylic acids is 1. The van der Waals surface area contributed by atoms with Gasteiger partial charge in [-0.1, -0.05) is 0 Å². The van der Waals surface area contributed by atoms with Crippen molar-refractivity contribution >= 4 is 12.0 Å². The molecule has 0 spiro atoms. The Morgan fingerprint density at radius 2 is 2.00 bits per heavy atom. The van der Waals surface area contributed by atoms with Crippen LogP contribution in [-0.2, 0) is 4.79 Å². The van der Waals surface area contributed by atoms with Gasteiger partial charge in [0.05, 0.1) is 0 Å². The maximum Gasteiger partial charge on any atom is 0.422 e. The van der Waals surface area contributed by atoms with Gasteiger partial charge < -0.3 is 21.1 Å². The minimum Gasteiger partial charge on any atom is -0.479 e. The van der Waals surface area contributed by atoms with Gasteiger partial charge in [0, 0.05) is 19.1 Å². The first-order chi connectivity index (χ1) is 8.08. The molecule has 2 amide bonds. The maximum atomic E-state index is 12.6. The smallest absolute Gasteiger partial charge is 0.422 e. The van der Waals surface area contributed by atoms with E-state index in [1.54, 1.807) is 0 Å². The lowest BCUT2D eigenvalue weighted by Gasteiger charge is -2.30. The fourth-order valence-electron chi connectivity index (χ4n) is 1.51. The highest BCUT2D eigenvalue weighted by Gasteiger charge is 2.59. The van der Waals surface area contributed by atoms with Gasteiger partial charge in [0.25, 0.3) is 0 Å². The molecule has 4 N–H and O–H groups in total. The molecule has 6 nitrogen and oxygen atoms in total. The van der Waals surface area contributed by atoms with Gasteiger partial charge >= 0.3 is 18.2 Å². The molecule has 1 aliphatic rings. The summed E-state index contributed by atoms with van der Waals surface area (Å²) in [5.74, 6) is -2.16. The third-order valence-corrected chi connectivity index (χ3v) is 2.86. The molecule has 0 bridgehead atoms. The highest BCUT2D eigenvalue weighted by Crippen LogP contribution is 2.30. The Balaban J connectivity index is 2.80. The Kier molecular flexibility index (Phi) is 3.75. The number of urea groups is 1. The predicted molar refractivity (Wildman–Crippen MR) is 54.8 cm³/mol. The largest absolute Gasteiger partial charge is 0.479 e. The lowest BCUT2D eigenvalue weighted by atomic mass is 10.0. The molecule has 1 rings (SSSR count). The average molecular weight is 269 g/mol. The standard InChI is InChI=1S/C9H14F3N3O3/c1-8(6(16)17,9(10,11)12)14-7(18)15-3-2-5(13)4-15/h5H,2-4,13H2,1H3,(H,14,18)(H,16,17). The normalized spacial score (nSPS) is 23.6. The van der Waals surface area contributed by atoms with Crippen molar-refractivity contribution in [3.8, 4) is 0 Å². The van der Waals surface area contributed by atoms with Gasteiger partial charge in [-0.25, -0.2) is 9.59 Å². The molecule has 0 radical (unpaired) electrons. The number of hydrogen-bond acceptors (Lipinski definition) is 3. The molecule has 2 atom stereocenters. The molecule has 1 saturated heterocycles. The van der Waals surface area contributed by atoms with E-state index in [-0.39, 0.29) is 19.1 Å². The van der Waals surface area contributed by atoms with Crippen molar-refractivity contribution in [3.63, 3.8) is 0 Å². The van der Waals surface area contributed by atoms with E-state index in [1.807, 2.05) is 0 Å². The summed E-state index contributed by atoms with van der Waals surface area (Å²) >= 11 is 0. The van der Waals surface area contributed by atoms with Crippen LogP contribution in [-0.4, -0.2) is 52.9 Å². The minimum absolute atomic E-state index is 0.111. The summed E-state index contributed by atoms with van der Waals surface area (Å²) in [7, 11) is 0. The molecule has 9 heteroatoms. The van der Waals surface area contributed by atoms with E-state index in [0.717, 1.165) is 4.90 Å². The molecule has 1 aliphatic heterocycles. The SMILES string of the molecule is CC(NC(=O)N1CCC(N)C1)(C(=O)O)C(F)(F)F. The molecule has 2 unspecified atom stereocenters. The number of nitrogens with zero attached hydrogens (tertiary/aromatic N) is 1. The number of carbonyl (C=O) groups is 2. The van der Waals surface area contributed by atoms with Crippen LogP contribution in [0.15, 0.2) is 0 Å². The fourth-order valence-corrected chi connectivity index (χ4v) is 1.51. The van der Waals surface area contributed by atoms with Crippen LogP contribution < -0.4 is 11.1 Å². The molecule has 104 valence electrons. The second-order valence-corrected chi connectivity index (χ2v) is 4.35. The van der Waals surface area contributed by atoms with Crippen molar-refractivity contribution in [1.82, 2.24) is 10.2 Å². The average Bonchev–Trinajstić information content (AvgIpc) is 2.62. The zero-order valence-electron chi connectivity index (χ0n) is 9.62. The third kappa shape index (κ3) is 2.66. The van der Waals surface area contributed by atoms with Crippen LogP contribution in [0.25, 0.3) is 0 Å². The monoisotopic (exact) mass is 269 g/mol. The zero-order valence-corrected chi connectivity index (χ0v) is 9.62. The number of nitrogens with one attached hydrogen (secondary N) is 1. The van der Waals surface area contributed by atoms with Gasteiger partial charge in [-0.05, 0) is 13.3 Å². The summed E-state index contributed by atoms with van der Waals surface area (Å²) in [5.41, 5.74) is 2.20. The second kappa shape index (κ2) is 4.63. The van der Waals surface area contributed by atoms with Crippen molar-refractivity contribution in [1.29, 1.82) is 0 Å². The van der Waals surface area contributed by atoms with E-state index in [2.05, 4.69) is 0 Å². The second-order valence-electron chi connectivity index (χ2n) is 4.35. The highest BCUT2D eigenvalue weighted by molar-refractivity contribution is 5.86. The number of hydrogen-bond donors (Lipinski definition) is 3. The summed E-state index contributed by atoms with van der Waals surface area (Å²) in [6.45, 7) is 0.725. The number of nitrogens with two attached hydrogens (primary N) is 1. The quantitative estimate of drug-likeness (QED) is 0.664. The van der Waals surface area contributed by atoms with Crippen molar-refractivity contribution in [2.75, 3.05) is 13.1 Å². The molecule has 0 aromatic carbocycles. The predicted octanol–water partition coefficient (Wildman–Crippen LogP) is 0.135. The molecular weight excluding hydrogens is 255 g/mol. The Bertz CT molecular complexity index is 361. The van der Waals surface area contributed by atoms with Gasteiger partial charge in [-0.2, -0.15) is 13.2 Å². The molecule has 0 aromatic rings. The van der Waals surface area contributed by atoms with Crippen LogP contribution in [0.3, 0.4) is 0 Å². The first-order valence-corrected chi connectivity index (χ1v) is 5.20. The first-order valence-electron chi connectivity index (χ1n) is 5.20. The maximum absolute atomic E-state index is 12.6. The summed E-state index contributed by atoms with van der Waals surface area (Å²) in [6.07, 6.45) is -4.61. The van der Waals surface area contributed by atoms with E-state index in [9.17, 15) is 22.8 Å². The number of carbonyl (C=O) groups excluding carboxylic acids is 1. The molecule has 0 saturated carbocycles. The van der Waals surface area contributed by atoms with Crippen LogP contribution in [0.1, 0.15) is 13.3 Å². The Hall–Kier alpha value is -1.51. The van der Waals surface area contributed by atoms with E-state index >= 15 is 0 Å². The van der Waals surface area contributed by atoms with E-state index in [4.69, 9.17) is 10.8 Å². The third-order valence-electron chi connectivity index (χ3n) is 2.86. The molecule has 0 aromatic heterocycles. The highest BCUT2D eigenvalue weighted by atomic mass is 19.4. The Morgan fingerprint density at radius 1 is 1.44 bits per heavy atom. The number of carboxylic acid groups (broad SMARTS) is 1. The summed E-state index contributed by atoms with van der Waals surface area (Å²) in [4.78, 5) is 23.3. The fraction of sp³-hybridized carbons (Fsp3) is 0.778. The van der Waals surface area contributed by atoms with Gasteiger partial charge in [0.15, 0.2) is 0 Å². The van der Waals surface area contributed by atoms with Crippen LogP contribution in [0.5, 0.6) is 0 Å². The van der Waals surface area contributed by atoms with Crippen LogP contribution in [0, 0.1) is 0 Å². The van der Waals surface area contributed by atoms with Gasteiger partial charge in [-0.15, -0.1) is 0 Å². The van der Waals surface area contributed by atoms with Crippen LogP contribution in [0.2, 0.25) is 0 Å². The van der Waals surface area contributed by atoms with Crippen molar-refractivity contribution in [2.45, 2.75) is 31.1 Å². The molecule has 1 heterocycles. The summed E-state index contributed by atoms with van der Waals surface area (Å²) in [6, 6.07) is -1.37. The number of halogens is 3. The number of likely N-dealkylation sites (tertiary alicyclic amines) is 1. The summed E-state index contributed by atoms with van der Waals surface area (Å²) in [5, 5.41) is 10.1. The number of alkyl halides is 3. The molecule has 1 fully saturated rings. The van der Waals surface area contributed by atoms with Crippen molar-refractivity contribution in [3.05, 3.63) is 0 Å². The lowest BCUT2D eigenvalue weighted by Crippen LogP contribution is -2.63. The van der Waals surface area contributed by atoms with Gasteiger partial charge in [-0.3, -0.25) is 0 Å². The van der Waals surface area contributed by atoms with E-state index in [1.165, 1.54) is 5.32 Å². The van der Waals surface area contributed by atoms with Gasteiger partial charge in [0.1, 0.15) is 0 Å². The number of amides is 2. The molecule has 0 aliphatic carbocycles. The lowest BCUT2D eigenvalue weighted by molar-refractivity contribution is -0.203. The van der Waals surface area contributed by atoms with E-state index < -0.39 is 23.7 Å². The van der Waals surface area contributed by atoms with Gasteiger partial charge in [0.2, 0.25) is 5.54 Å². The molecular formula is C9H14F3N3O3. The Morgan fingerprint density at radius 3 is 2.33 bits per heavy atom. The number of rotatable bonds is 2.